The Hall–Kier alpha value is -2.14. The highest BCUT2D eigenvalue weighted by atomic mass is 79.9. The van der Waals surface area contributed by atoms with E-state index in [0.717, 1.165) is 23.2 Å². The zero-order valence-corrected chi connectivity index (χ0v) is 14.5. The van der Waals surface area contributed by atoms with E-state index in [2.05, 4.69) is 15.9 Å². The Morgan fingerprint density at radius 3 is 2.00 bits per heavy atom. The number of hydrogen-bond donors (Lipinski definition) is 0. The predicted octanol–water partition coefficient (Wildman–Crippen LogP) is 3.43. The van der Waals surface area contributed by atoms with Gasteiger partial charge in [-0.25, -0.2) is 0 Å². The lowest BCUT2D eigenvalue weighted by molar-refractivity contribution is -0.129. The van der Waals surface area contributed by atoms with Gasteiger partial charge in [0.05, 0.1) is 12.4 Å². The van der Waals surface area contributed by atoms with Gasteiger partial charge in [-0.15, -0.1) is 0 Å². The first-order valence-corrected chi connectivity index (χ1v) is 8.29. The van der Waals surface area contributed by atoms with Gasteiger partial charge in [0.25, 0.3) is 0 Å². The van der Waals surface area contributed by atoms with Crippen molar-refractivity contribution in [3.8, 4) is 5.75 Å². The molecule has 2 aromatic rings. The number of ether oxygens (including phenoxy) is 1. The minimum absolute atomic E-state index is 0.0141. The fourth-order valence-electron chi connectivity index (χ4n) is 2.19. The largest absolute Gasteiger partial charge is 0.497 e. The van der Waals surface area contributed by atoms with E-state index in [4.69, 9.17) is 4.74 Å². The molecule has 0 radical (unpaired) electrons. The van der Waals surface area contributed by atoms with Gasteiger partial charge in [-0.05, 0) is 23.3 Å². The minimum atomic E-state index is 0.0141. The first-order valence-electron chi connectivity index (χ1n) is 7.17. The summed E-state index contributed by atoms with van der Waals surface area (Å²) in [6.45, 7) is 1.01. The molecule has 0 bridgehead atoms. The van der Waals surface area contributed by atoms with Gasteiger partial charge in [-0.1, -0.05) is 52.3 Å². The van der Waals surface area contributed by atoms with Crippen molar-refractivity contribution in [2.75, 3.05) is 12.4 Å². The first-order chi connectivity index (χ1) is 11.2. The number of rotatable bonds is 7. The highest BCUT2D eigenvalue weighted by Crippen LogP contribution is 2.15. The SMILES string of the molecule is COc1ccc(CN(Cc2ccc(C=O)cc2)C(=O)CBr)cc1. The number of aldehydes is 1. The van der Waals surface area contributed by atoms with Crippen LogP contribution in [0.5, 0.6) is 5.75 Å². The fourth-order valence-corrected chi connectivity index (χ4v) is 2.54. The summed E-state index contributed by atoms with van der Waals surface area (Å²) in [6.07, 6.45) is 0.808. The average Bonchev–Trinajstić information content (AvgIpc) is 2.61. The number of carbonyl (C=O) groups is 2. The zero-order valence-electron chi connectivity index (χ0n) is 12.9. The Balaban J connectivity index is 2.12. The van der Waals surface area contributed by atoms with E-state index in [1.807, 2.05) is 36.4 Å². The van der Waals surface area contributed by atoms with Crippen LogP contribution in [0.1, 0.15) is 21.5 Å². The first kappa shape index (κ1) is 17.2. The van der Waals surface area contributed by atoms with Crippen LogP contribution < -0.4 is 4.74 Å². The lowest BCUT2D eigenvalue weighted by Gasteiger charge is -2.22. The van der Waals surface area contributed by atoms with Gasteiger partial charge >= 0.3 is 0 Å². The molecular formula is C18H18BrNO3. The molecule has 0 atom stereocenters. The number of alkyl halides is 1. The maximum atomic E-state index is 12.2. The zero-order chi connectivity index (χ0) is 16.7. The van der Waals surface area contributed by atoms with Crippen LogP contribution in [0.15, 0.2) is 48.5 Å². The number of carbonyl (C=O) groups excluding carboxylic acids is 2. The van der Waals surface area contributed by atoms with E-state index in [1.165, 1.54) is 0 Å². The maximum Gasteiger partial charge on any atom is 0.233 e. The number of nitrogens with zero attached hydrogens (tertiary/aromatic N) is 1. The van der Waals surface area contributed by atoms with E-state index >= 15 is 0 Å². The quantitative estimate of drug-likeness (QED) is 0.550. The van der Waals surface area contributed by atoms with Crippen LogP contribution >= 0.6 is 15.9 Å². The van der Waals surface area contributed by atoms with E-state index in [1.54, 1.807) is 24.1 Å². The van der Waals surface area contributed by atoms with Crippen LogP contribution in [0.2, 0.25) is 0 Å². The second-order valence-electron chi connectivity index (χ2n) is 5.09. The second kappa shape index (κ2) is 8.48. The van der Waals surface area contributed by atoms with Gasteiger partial charge in [0.2, 0.25) is 5.91 Å². The molecule has 0 aromatic heterocycles. The molecular weight excluding hydrogens is 358 g/mol. The van der Waals surface area contributed by atoms with Crippen LogP contribution in [-0.2, 0) is 17.9 Å². The number of hydrogen-bond acceptors (Lipinski definition) is 3. The minimum Gasteiger partial charge on any atom is -0.497 e. The van der Waals surface area contributed by atoms with Crippen molar-refractivity contribution in [3.63, 3.8) is 0 Å². The molecule has 0 heterocycles. The Morgan fingerprint density at radius 2 is 1.57 bits per heavy atom. The highest BCUT2D eigenvalue weighted by Gasteiger charge is 2.13. The van der Waals surface area contributed by atoms with E-state index in [0.29, 0.717) is 18.7 Å². The van der Waals surface area contributed by atoms with Gasteiger partial charge in [0.1, 0.15) is 12.0 Å². The standard InChI is InChI=1S/C18H18BrNO3/c1-23-17-8-6-15(7-9-17)12-20(18(22)10-19)11-14-2-4-16(13-21)5-3-14/h2-9,13H,10-12H2,1H3. The molecule has 4 nitrogen and oxygen atoms in total. The van der Waals surface area contributed by atoms with Crippen LogP contribution in [0, 0.1) is 0 Å². The lowest BCUT2D eigenvalue weighted by Crippen LogP contribution is -2.30. The van der Waals surface area contributed by atoms with Gasteiger partial charge < -0.3 is 9.64 Å². The third kappa shape index (κ3) is 4.93. The van der Waals surface area contributed by atoms with Gasteiger partial charge in [-0.3, -0.25) is 9.59 Å². The van der Waals surface area contributed by atoms with Gasteiger partial charge in [0.15, 0.2) is 0 Å². The van der Waals surface area contributed by atoms with Gasteiger partial charge in [0, 0.05) is 18.7 Å². The average molecular weight is 376 g/mol. The number of benzene rings is 2. The van der Waals surface area contributed by atoms with Crippen molar-refractivity contribution in [2.45, 2.75) is 13.1 Å². The van der Waals surface area contributed by atoms with Gasteiger partial charge in [-0.2, -0.15) is 0 Å². The molecule has 1 amide bonds. The normalized spacial score (nSPS) is 10.2. The Bertz CT molecular complexity index is 653. The van der Waals surface area contributed by atoms with Crippen LogP contribution in [0.25, 0.3) is 0 Å². The third-order valence-corrected chi connectivity index (χ3v) is 3.97. The monoisotopic (exact) mass is 375 g/mol. The molecule has 0 aliphatic rings. The van der Waals surface area contributed by atoms with Crippen LogP contribution in [0.3, 0.4) is 0 Å². The van der Waals surface area contributed by atoms with E-state index in [9.17, 15) is 9.59 Å². The topological polar surface area (TPSA) is 46.6 Å². The van der Waals surface area contributed by atoms with Crippen molar-refractivity contribution in [1.82, 2.24) is 4.90 Å². The molecule has 0 unspecified atom stereocenters. The molecule has 2 rings (SSSR count). The highest BCUT2D eigenvalue weighted by molar-refractivity contribution is 9.09. The van der Waals surface area contributed by atoms with Crippen LogP contribution in [-0.4, -0.2) is 29.5 Å². The second-order valence-corrected chi connectivity index (χ2v) is 5.65. The summed E-state index contributed by atoms with van der Waals surface area (Å²) in [6, 6.07) is 14.9. The Morgan fingerprint density at radius 1 is 1.04 bits per heavy atom. The summed E-state index contributed by atoms with van der Waals surface area (Å²) in [5, 5.41) is 0.273. The van der Waals surface area contributed by atoms with Crippen molar-refractivity contribution < 1.29 is 14.3 Å². The Kier molecular flexibility index (Phi) is 6.35. The molecule has 5 heteroatoms. The van der Waals surface area contributed by atoms with Crippen molar-refractivity contribution >= 4 is 28.1 Å². The van der Waals surface area contributed by atoms with Crippen molar-refractivity contribution in [2.24, 2.45) is 0 Å². The van der Waals surface area contributed by atoms with E-state index in [-0.39, 0.29) is 11.2 Å². The molecule has 23 heavy (non-hydrogen) atoms. The summed E-state index contributed by atoms with van der Waals surface area (Å²) in [5.41, 5.74) is 2.64. The van der Waals surface area contributed by atoms with Crippen LogP contribution in [0.4, 0.5) is 0 Å². The molecule has 0 spiro atoms. The summed E-state index contributed by atoms with van der Waals surface area (Å²) >= 11 is 3.23. The number of methoxy groups -OCH3 is 1. The summed E-state index contributed by atoms with van der Waals surface area (Å²) in [5.74, 6) is 0.803. The fraction of sp³-hybridized carbons (Fsp3) is 0.222. The Labute approximate surface area is 144 Å². The lowest BCUT2D eigenvalue weighted by atomic mass is 10.1. The molecule has 0 saturated carbocycles. The van der Waals surface area contributed by atoms with Crippen molar-refractivity contribution in [3.05, 3.63) is 65.2 Å². The third-order valence-electron chi connectivity index (χ3n) is 3.49. The smallest absolute Gasteiger partial charge is 0.233 e. The molecule has 120 valence electrons. The molecule has 0 aliphatic carbocycles. The number of halogens is 1. The van der Waals surface area contributed by atoms with E-state index < -0.39 is 0 Å². The molecule has 0 N–H and O–H groups in total. The summed E-state index contributed by atoms with van der Waals surface area (Å²) in [7, 11) is 1.62. The predicted molar refractivity (Wildman–Crippen MR) is 92.9 cm³/mol. The molecule has 0 fully saturated rings. The molecule has 2 aromatic carbocycles. The maximum absolute atomic E-state index is 12.2. The number of amides is 1. The molecule has 0 aliphatic heterocycles. The summed E-state index contributed by atoms with van der Waals surface area (Å²) < 4.78 is 5.14. The summed E-state index contributed by atoms with van der Waals surface area (Å²) in [4.78, 5) is 24.6. The molecule has 0 saturated heterocycles. The van der Waals surface area contributed by atoms with Crippen molar-refractivity contribution in [1.29, 1.82) is 0 Å².